The Morgan fingerprint density at radius 3 is 2.48 bits per heavy atom. The summed E-state index contributed by atoms with van der Waals surface area (Å²) in [4.78, 5) is 23.3. The number of hydrogen-bond acceptors (Lipinski definition) is 4. The Bertz CT molecular complexity index is 464. The number of nitrogens with two attached hydrogens (primary N) is 1. The molecule has 8 heteroatoms. The summed E-state index contributed by atoms with van der Waals surface area (Å²) < 4.78 is 5.52. The normalized spacial score (nSPS) is 26.1. The van der Waals surface area contributed by atoms with E-state index in [2.05, 4.69) is 21.7 Å². The Morgan fingerprint density at radius 2 is 1.88 bits per heavy atom. The molecule has 1 amide bonds. The third-order valence-corrected chi connectivity index (χ3v) is 5.39. The van der Waals surface area contributed by atoms with Gasteiger partial charge in [0.05, 0.1) is 19.3 Å². The number of nitrogens with zero attached hydrogens (tertiary/aromatic N) is 4. The highest BCUT2D eigenvalue weighted by molar-refractivity contribution is 14.0. The van der Waals surface area contributed by atoms with E-state index >= 15 is 0 Å². The number of carbonyl (C=O) groups excluding carboxylic acids is 1. The predicted octanol–water partition coefficient (Wildman–Crippen LogP) is 0.584. The van der Waals surface area contributed by atoms with Crippen LogP contribution in [-0.2, 0) is 9.53 Å². The van der Waals surface area contributed by atoms with Gasteiger partial charge in [0.1, 0.15) is 0 Å². The molecule has 0 spiro atoms. The summed E-state index contributed by atoms with van der Waals surface area (Å²) in [6.07, 6.45) is 3.62. The van der Waals surface area contributed by atoms with Crippen molar-refractivity contribution >= 4 is 35.8 Å². The second-order valence-electron chi connectivity index (χ2n) is 7.16. The number of carbonyl (C=O) groups is 1. The third-order valence-electron chi connectivity index (χ3n) is 5.39. The molecule has 25 heavy (non-hydrogen) atoms. The largest absolute Gasteiger partial charge is 0.375 e. The molecule has 1 atom stereocenters. The van der Waals surface area contributed by atoms with E-state index in [1.807, 2.05) is 4.90 Å². The molecule has 0 aromatic heterocycles. The highest BCUT2D eigenvalue weighted by atomic mass is 127. The fourth-order valence-electron chi connectivity index (χ4n) is 3.54. The standard InChI is InChI=1S/C17H31N5O2.HI/c1-14-13-22(11-12-24-14)17(18)19-5-6-20-7-9-21(10-8-20)16(23)15-3-2-4-15;/h14-15H,2-13H2,1H3,(H2,18,19);1H. The van der Waals surface area contributed by atoms with E-state index in [-0.39, 0.29) is 30.1 Å². The lowest BCUT2D eigenvalue weighted by molar-refractivity contribution is -0.139. The summed E-state index contributed by atoms with van der Waals surface area (Å²) >= 11 is 0. The number of morpholine rings is 1. The number of guanidine groups is 1. The smallest absolute Gasteiger partial charge is 0.225 e. The van der Waals surface area contributed by atoms with E-state index in [1.165, 1.54) is 6.42 Å². The Balaban J connectivity index is 0.00000225. The SMILES string of the molecule is CC1CN(C(N)=NCCN2CCN(C(=O)C3CCC3)CC2)CCO1.I. The maximum Gasteiger partial charge on any atom is 0.225 e. The summed E-state index contributed by atoms with van der Waals surface area (Å²) in [5, 5.41) is 0. The topological polar surface area (TPSA) is 74.4 Å². The minimum absolute atomic E-state index is 0. The van der Waals surface area contributed by atoms with E-state index in [9.17, 15) is 4.79 Å². The number of piperazine rings is 1. The zero-order chi connectivity index (χ0) is 16.9. The first-order valence-electron chi connectivity index (χ1n) is 9.31. The van der Waals surface area contributed by atoms with E-state index in [0.717, 1.165) is 58.7 Å². The van der Waals surface area contributed by atoms with Crippen LogP contribution in [0.5, 0.6) is 0 Å². The molecule has 144 valence electrons. The molecule has 1 aliphatic carbocycles. The second-order valence-corrected chi connectivity index (χ2v) is 7.16. The number of rotatable bonds is 4. The fraction of sp³-hybridized carbons (Fsp3) is 0.882. The highest BCUT2D eigenvalue weighted by Gasteiger charge is 2.31. The van der Waals surface area contributed by atoms with Crippen LogP contribution in [0.1, 0.15) is 26.2 Å². The van der Waals surface area contributed by atoms with Gasteiger partial charge in [0.2, 0.25) is 5.91 Å². The molecule has 2 heterocycles. The zero-order valence-electron chi connectivity index (χ0n) is 15.2. The van der Waals surface area contributed by atoms with Crippen LogP contribution < -0.4 is 5.73 Å². The number of ether oxygens (including phenoxy) is 1. The number of amides is 1. The third kappa shape index (κ3) is 5.68. The Hall–Kier alpha value is -0.610. The maximum atomic E-state index is 12.2. The number of halogens is 1. The van der Waals surface area contributed by atoms with Gasteiger partial charge in [0, 0.05) is 51.7 Å². The van der Waals surface area contributed by atoms with Crippen LogP contribution in [-0.4, -0.2) is 91.6 Å². The van der Waals surface area contributed by atoms with Crippen molar-refractivity contribution in [1.82, 2.24) is 14.7 Å². The van der Waals surface area contributed by atoms with E-state index in [4.69, 9.17) is 10.5 Å². The minimum atomic E-state index is 0. The zero-order valence-corrected chi connectivity index (χ0v) is 17.6. The van der Waals surface area contributed by atoms with Gasteiger partial charge >= 0.3 is 0 Å². The van der Waals surface area contributed by atoms with Crippen molar-refractivity contribution in [2.45, 2.75) is 32.3 Å². The van der Waals surface area contributed by atoms with Gasteiger partial charge in [-0.2, -0.15) is 0 Å². The van der Waals surface area contributed by atoms with E-state index < -0.39 is 0 Å². The summed E-state index contributed by atoms with van der Waals surface area (Å²) in [6, 6.07) is 0. The molecule has 0 radical (unpaired) electrons. The average Bonchev–Trinajstić information content (AvgIpc) is 2.53. The quantitative estimate of drug-likeness (QED) is 0.374. The molecule has 0 aromatic carbocycles. The molecule has 2 N–H and O–H groups in total. The van der Waals surface area contributed by atoms with Gasteiger partial charge in [-0.1, -0.05) is 6.42 Å². The minimum Gasteiger partial charge on any atom is -0.375 e. The molecular weight excluding hydrogens is 433 g/mol. The molecule has 7 nitrogen and oxygen atoms in total. The second kappa shape index (κ2) is 9.91. The molecule has 0 aromatic rings. The first kappa shape index (κ1) is 20.7. The van der Waals surface area contributed by atoms with Crippen LogP contribution in [0.3, 0.4) is 0 Å². The van der Waals surface area contributed by atoms with Crippen LogP contribution >= 0.6 is 24.0 Å². The number of aliphatic imine (C=N–C) groups is 1. The van der Waals surface area contributed by atoms with E-state index in [1.54, 1.807) is 0 Å². The molecule has 1 unspecified atom stereocenters. The van der Waals surface area contributed by atoms with E-state index in [0.29, 0.717) is 30.9 Å². The fourth-order valence-corrected chi connectivity index (χ4v) is 3.54. The van der Waals surface area contributed by atoms with Crippen LogP contribution in [0.2, 0.25) is 0 Å². The predicted molar refractivity (Wildman–Crippen MR) is 109 cm³/mol. The van der Waals surface area contributed by atoms with Crippen LogP contribution in [0.4, 0.5) is 0 Å². The monoisotopic (exact) mass is 465 g/mol. The van der Waals surface area contributed by atoms with Crippen molar-refractivity contribution in [2.75, 3.05) is 59.0 Å². The van der Waals surface area contributed by atoms with Crippen LogP contribution in [0.25, 0.3) is 0 Å². The van der Waals surface area contributed by atoms with Gasteiger partial charge in [0.15, 0.2) is 5.96 Å². The van der Waals surface area contributed by atoms with Gasteiger partial charge in [-0.05, 0) is 19.8 Å². The van der Waals surface area contributed by atoms with Gasteiger partial charge in [-0.25, -0.2) is 0 Å². The van der Waals surface area contributed by atoms with Crippen molar-refractivity contribution in [3.63, 3.8) is 0 Å². The van der Waals surface area contributed by atoms with Gasteiger partial charge in [-0.3, -0.25) is 14.7 Å². The molecule has 0 bridgehead atoms. The maximum absolute atomic E-state index is 12.2. The first-order valence-corrected chi connectivity index (χ1v) is 9.31. The molecule has 3 fully saturated rings. The highest BCUT2D eigenvalue weighted by Crippen LogP contribution is 2.28. The van der Waals surface area contributed by atoms with Crippen molar-refractivity contribution in [2.24, 2.45) is 16.6 Å². The van der Waals surface area contributed by atoms with Crippen molar-refractivity contribution in [3.8, 4) is 0 Å². The van der Waals surface area contributed by atoms with Crippen molar-refractivity contribution in [3.05, 3.63) is 0 Å². The molecule has 3 aliphatic rings. The molecule has 1 saturated carbocycles. The summed E-state index contributed by atoms with van der Waals surface area (Å²) in [5.41, 5.74) is 6.09. The summed E-state index contributed by atoms with van der Waals surface area (Å²) in [7, 11) is 0. The first-order chi connectivity index (χ1) is 11.6. The average molecular weight is 465 g/mol. The van der Waals surface area contributed by atoms with Gasteiger partial charge < -0.3 is 20.3 Å². The Kier molecular flexibility index (Phi) is 8.21. The lowest BCUT2D eigenvalue weighted by Crippen LogP contribution is -2.51. The molecule has 2 saturated heterocycles. The van der Waals surface area contributed by atoms with Gasteiger partial charge in [-0.15, -0.1) is 24.0 Å². The number of hydrogen-bond donors (Lipinski definition) is 1. The lowest BCUT2D eigenvalue weighted by atomic mass is 9.84. The van der Waals surface area contributed by atoms with Crippen molar-refractivity contribution < 1.29 is 9.53 Å². The molecular formula is C17H32IN5O2. The Labute approximate surface area is 167 Å². The Morgan fingerprint density at radius 1 is 1.16 bits per heavy atom. The molecule has 3 rings (SSSR count). The summed E-state index contributed by atoms with van der Waals surface area (Å²) in [6.45, 7) is 9.65. The van der Waals surface area contributed by atoms with Crippen LogP contribution in [0, 0.1) is 5.92 Å². The van der Waals surface area contributed by atoms with Crippen LogP contribution in [0.15, 0.2) is 4.99 Å². The lowest BCUT2D eigenvalue weighted by Gasteiger charge is -2.38. The summed E-state index contributed by atoms with van der Waals surface area (Å²) in [5.74, 6) is 1.32. The molecule has 2 aliphatic heterocycles. The van der Waals surface area contributed by atoms with Crippen molar-refractivity contribution in [1.29, 1.82) is 0 Å². The van der Waals surface area contributed by atoms with Gasteiger partial charge in [0.25, 0.3) is 0 Å².